The second-order valence-corrected chi connectivity index (χ2v) is 7.65. The maximum absolute atomic E-state index is 12.8. The van der Waals surface area contributed by atoms with Crippen molar-refractivity contribution < 1.29 is 9.53 Å². The summed E-state index contributed by atoms with van der Waals surface area (Å²) < 4.78 is 7.81. The first-order valence-electron chi connectivity index (χ1n) is 10.1. The van der Waals surface area contributed by atoms with Crippen LogP contribution in [0.2, 0.25) is 0 Å². The lowest BCUT2D eigenvalue weighted by Crippen LogP contribution is -2.41. The standard InChI is InChI=1S/C23H26N4O2/c1-17-6-5-9-21(14-17)29-20-10-12-26(13-11-20)23(28)22-16-27(25-24-22)15-19-8-4-3-7-18(19)2/h3-9,14,16,20H,10-13,15H2,1-2H3. The van der Waals surface area contributed by atoms with Crippen LogP contribution in [0.4, 0.5) is 0 Å². The van der Waals surface area contributed by atoms with Crippen LogP contribution in [0.5, 0.6) is 5.75 Å². The maximum atomic E-state index is 12.8. The van der Waals surface area contributed by atoms with Crippen molar-refractivity contribution in [3.05, 3.63) is 77.1 Å². The molecule has 3 aromatic rings. The highest BCUT2D eigenvalue weighted by Gasteiger charge is 2.26. The van der Waals surface area contributed by atoms with Crippen LogP contribution < -0.4 is 4.74 Å². The predicted octanol–water partition coefficient (Wildman–Crippen LogP) is 3.63. The van der Waals surface area contributed by atoms with Gasteiger partial charge < -0.3 is 9.64 Å². The number of nitrogens with zero attached hydrogens (tertiary/aromatic N) is 4. The van der Waals surface area contributed by atoms with E-state index in [4.69, 9.17) is 4.74 Å². The first-order valence-corrected chi connectivity index (χ1v) is 10.1. The van der Waals surface area contributed by atoms with Crippen LogP contribution in [-0.2, 0) is 6.54 Å². The van der Waals surface area contributed by atoms with Gasteiger partial charge in [0.2, 0.25) is 0 Å². The molecule has 0 N–H and O–H groups in total. The number of rotatable bonds is 5. The van der Waals surface area contributed by atoms with Gasteiger partial charge in [0.25, 0.3) is 5.91 Å². The van der Waals surface area contributed by atoms with E-state index in [0.29, 0.717) is 25.3 Å². The number of piperidine rings is 1. The lowest BCUT2D eigenvalue weighted by atomic mass is 10.1. The topological polar surface area (TPSA) is 60.2 Å². The van der Waals surface area contributed by atoms with Gasteiger partial charge in [0.1, 0.15) is 11.9 Å². The molecule has 2 aromatic carbocycles. The third-order valence-corrected chi connectivity index (χ3v) is 5.37. The van der Waals surface area contributed by atoms with Gasteiger partial charge >= 0.3 is 0 Å². The van der Waals surface area contributed by atoms with Crippen molar-refractivity contribution in [1.82, 2.24) is 19.9 Å². The lowest BCUT2D eigenvalue weighted by Gasteiger charge is -2.31. The average molecular weight is 390 g/mol. The summed E-state index contributed by atoms with van der Waals surface area (Å²) in [4.78, 5) is 14.7. The molecule has 29 heavy (non-hydrogen) atoms. The van der Waals surface area contributed by atoms with Gasteiger partial charge in [-0.25, -0.2) is 4.68 Å². The first-order chi connectivity index (χ1) is 14.1. The molecular formula is C23H26N4O2. The van der Waals surface area contributed by atoms with Crippen LogP contribution in [0, 0.1) is 13.8 Å². The molecule has 1 aliphatic rings. The minimum Gasteiger partial charge on any atom is -0.490 e. The van der Waals surface area contributed by atoms with E-state index in [-0.39, 0.29) is 12.0 Å². The van der Waals surface area contributed by atoms with Gasteiger partial charge in [0.05, 0.1) is 12.7 Å². The molecular weight excluding hydrogens is 364 g/mol. The van der Waals surface area contributed by atoms with E-state index < -0.39 is 0 Å². The molecule has 0 bridgehead atoms. The Kier molecular flexibility index (Phi) is 5.60. The third kappa shape index (κ3) is 4.65. The smallest absolute Gasteiger partial charge is 0.276 e. The van der Waals surface area contributed by atoms with Crippen molar-refractivity contribution in [3.63, 3.8) is 0 Å². The maximum Gasteiger partial charge on any atom is 0.276 e. The minimum atomic E-state index is -0.0601. The van der Waals surface area contributed by atoms with E-state index in [1.54, 1.807) is 10.9 Å². The summed E-state index contributed by atoms with van der Waals surface area (Å²) in [5, 5.41) is 8.25. The molecule has 0 atom stereocenters. The van der Waals surface area contributed by atoms with Crippen molar-refractivity contribution in [2.24, 2.45) is 0 Å². The predicted molar refractivity (Wildman–Crippen MR) is 111 cm³/mol. The van der Waals surface area contributed by atoms with Gasteiger partial charge in [-0.05, 0) is 42.7 Å². The van der Waals surface area contributed by atoms with Gasteiger partial charge in [0, 0.05) is 25.9 Å². The quantitative estimate of drug-likeness (QED) is 0.668. The number of benzene rings is 2. The second-order valence-electron chi connectivity index (χ2n) is 7.65. The monoisotopic (exact) mass is 390 g/mol. The molecule has 1 saturated heterocycles. The Balaban J connectivity index is 1.33. The van der Waals surface area contributed by atoms with E-state index >= 15 is 0 Å². The van der Waals surface area contributed by atoms with Gasteiger partial charge in [-0.3, -0.25) is 4.79 Å². The molecule has 150 valence electrons. The van der Waals surface area contributed by atoms with Crippen LogP contribution in [0.3, 0.4) is 0 Å². The molecule has 1 aliphatic heterocycles. The number of hydrogen-bond donors (Lipinski definition) is 0. The highest BCUT2D eigenvalue weighted by molar-refractivity contribution is 5.92. The molecule has 0 spiro atoms. The minimum absolute atomic E-state index is 0.0601. The molecule has 6 heteroatoms. The van der Waals surface area contributed by atoms with Crippen molar-refractivity contribution >= 4 is 5.91 Å². The number of aryl methyl sites for hydroxylation is 2. The van der Waals surface area contributed by atoms with Crippen LogP contribution in [0.1, 0.15) is 40.0 Å². The van der Waals surface area contributed by atoms with E-state index in [2.05, 4.69) is 42.4 Å². The molecule has 4 rings (SSSR count). The van der Waals surface area contributed by atoms with Gasteiger partial charge in [0.15, 0.2) is 5.69 Å². The Morgan fingerprint density at radius 1 is 1.10 bits per heavy atom. The van der Waals surface area contributed by atoms with E-state index in [9.17, 15) is 4.79 Å². The fourth-order valence-corrected chi connectivity index (χ4v) is 3.66. The van der Waals surface area contributed by atoms with E-state index in [0.717, 1.165) is 18.6 Å². The van der Waals surface area contributed by atoms with Crippen molar-refractivity contribution in [2.75, 3.05) is 13.1 Å². The first kappa shape index (κ1) is 19.2. The Bertz CT molecular complexity index is 990. The third-order valence-electron chi connectivity index (χ3n) is 5.37. The van der Waals surface area contributed by atoms with Gasteiger partial charge in [-0.1, -0.05) is 41.6 Å². The molecule has 0 radical (unpaired) electrons. The van der Waals surface area contributed by atoms with Gasteiger partial charge in [-0.2, -0.15) is 0 Å². The zero-order chi connectivity index (χ0) is 20.2. The molecule has 0 unspecified atom stereocenters. The molecule has 1 fully saturated rings. The number of carbonyl (C=O) groups is 1. The summed E-state index contributed by atoms with van der Waals surface area (Å²) in [5.41, 5.74) is 3.96. The molecule has 2 heterocycles. The van der Waals surface area contributed by atoms with Crippen LogP contribution in [0.15, 0.2) is 54.7 Å². The Labute approximate surface area is 171 Å². The summed E-state index contributed by atoms with van der Waals surface area (Å²) in [7, 11) is 0. The Morgan fingerprint density at radius 2 is 1.90 bits per heavy atom. The normalized spacial score (nSPS) is 14.8. The Hall–Kier alpha value is -3.15. The number of amides is 1. The number of aromatic nitrogens is 3. The average Bonchev–Trinajstić information content (AvgIpc) is 3.18. The SMILES string of the molecule is Cc1cccc(OC2CCN(C(=O)c3cn(Cc4ccccc4C)nn3)CC2)c1. The summed E-state index contributed by atoms with van der Waals surface area (Å²) in [6, 6.07) is 16.3. The molecule has 0 aliphatic carbocycles. The number of ether oxygens (including phenoxy) is 1. The highest BCUT2D eigenvalue weighted by Crippen LogP contribution is 2.21. The van der Waals surface area contributed by atoms with Crippen LogP contribution in [-0.4, -0.2) is 45.0 Å². The van der Waals surface area contributed by atoms with E-state index in [1.807, 2.05) is 35.2 Å². The van der Waals surface area contributed by atoms with Gasteiger partial charge in [-0.15, -0.1) is 5.10 Å². The van der Waals surface area contributed by atoms with Crippen LogP contribution in [0.25, 0.3) is 0 Å². The number of carbonyl (C=O) groups excluding carboxylic acids is 1. The molecule has 6 nitrogen and oxygen atoms in total. The molecule has 1 aromatic heterocycles. The van der Waals surface area contributed by atoms with Crippen LogP contribution >= 0.6 is 0 Å². The number of likely N-dealkylation sites (tertiary alicyclic amines) is 1. The number of hydrogen-bond acceptors (Lipinski definition) is 4. The summed E-state index contributed by atoms with van der Waals surface area (Å²) in [5.74, 6) is 0.837. The van der Waals surface area contributed by atoms with Crippen molar-refractivity contribution in [3.8, 4) is 5.75 Å². The fraction of sp³-hybridized carbons (Fsp3) is 0.348. The highest BCUT2D eigenvalue weighted by atomic mass is 16.5. The molecule has 0 saturated carbocycles. The van der Waals surface area contributed by atoms with E-state index in [1.165, 1.54) is 16.7 Å². The second kappa shape index (κ2) is 8.47. The summed E-state index contributed by atoms with van der Waals surface area (Å²) in [6.45, 7) is 6.07. The van der Waals surface area contributed by atoms with Crippen molar-refractivity contribution in [2.45, 2.75) is 39.3 Å². The zero-order valence-electron chi connectivity index (χ0n) is 16.9. The zero-order valence-corrected chi connectivity index (χ0v) is 16.9. The summed E-state index contributed by atoms with van der Waals surface area (Å²) >= 11 is 0. The summed E-state index contributed by atoms with van der Waals surface area (Å²) in [6.07, 6.45) is 3.51. The largest absolute Gasteiger partial charge is 0.490 e. The lowest BCUT2D eigenvalue weighted by molar-refractivity contribution is 0.0590. The van der Waals surface area contributed by atoms with Crippen molar-refractivity contribution in [1.29, 1.82) is 0 Å². The Morgan fingerprint density at radius 3 is 2.66 bits per heavy atom. The fourth-order valence-electron chi connectivity index (χ4n) is 3.66. The molecule has 1 amide bonds.